The first-order chi connectivity index (χ1) is 16.9. The van der Waals surface area contributed by atoms with E-state index in [0.29, 0.717) is 11.5 Å². The highest BCUT2D eigenvalue weighted by molar-refractivity contribution is 7.89. The molecule has 0 aromatic heterocycles. The van der Waals surface area contributed by atoms with Crippen LogP contribution in [0.5, 0.6) is 11.5 Å². The molecule has 0 saturated carbocycles. The molecule has 0 aliphatic rings. The van der Waals surface area contributed by atoms with E-state index in [0.717, 1.165) is 9.87 Å². The number of amides is 3. The SMILES string of the molecule is COc1cc(OC)cc(C(=O)N[C@@H](C(=O)NNC(=O)CN(C)S(=O)(=O)c2ccc(C)cc2)C(C)C)c1. The Balaban J connectivity index is 2.01. The predicted molar refractivity (Wildman–Crippen MR) is 133 cm³/mol. The summed E-state index contributed by atoms with van der Waals surface area (Å²) >= 11 is 0. The van der Waals surface area contributed by atoms with Crippen LogP contribution in [-0.2, 0) is 19.6 Å². The number of likely N-dealkylation sites (N-methyl/N-ethyl adjacent to an activating group) is 1. The fraction of sp³-hybridized carbons (Fsp3) is 0.375. The van der Waals surface area contributed by atoms with Gasteiger partial charge >= 0.3 is 0 Å². The van der Waals surface area contributed by atoms with Crippen molar-refractivity contribution in [1.29, 1.82) is 0 Å². The second kappa shape index (κ2) is 12.4. The first-order valence-corrected chi connectivity index (χ1v) is 12.5. The van der Waals surface area contributed by atoms with Gasteiger partial charge in [-0.25, -0.2) is 8.42 Å². The Morgan fingerprint density at radius 2 is 1.50 bits per heavy atom. The van der Waals surface area contributed by atoms with Crippen molar-refractivity contribution in [3.8, 4) is 11.5 Å². The molecule has 2 aromatic carbocycles. The molecule has 0 saturated heterocycles. The van der Waals surface area contributed by atoms with Gasteiger partial charge in [-0.2, -0.15) is 4.31 Å². The Kier molecular flexibility index (Phi) is 9.82. The lowest BCUT2D eigenvalue weighted by atomic mass is 10.0. The van der Waals surface area contributed by atoms with Gasteiger partial charge in [-0.05, 0) is 37.1 Å². The number of aryl methyl sites for hydroxylation is 1. The van der Waals surface area contributed by atoms with Crippen molar-refractivity contribution in [1.82, 2.24) is 20.5 Å². The topological polar surface area (TPSA) is 143 Å². The molecule has 0 aliphatic carbocycles. The van der Waals surface area contributed by atoms with Gasteiger partial charge in [0.1, 0.15) is 17.5 Å². The van der Waals surface area contributed by atoms with Crippen LogP contribution in [0.15, 0.2) is 47.4 Å². The zero-order valence-corrected chi connectivity index (χ0v) is 21.9. The number of sulfonamides is 1. The lowest BCUT2D eigenvalue weighted by Gasteiger charge is -2.22. The summed E-state index contributed by atoms with van der Waals surface area (Å²) < 4.78 is 36.5. The second-order valence-electron chi connectivity index (χ2n) is 8.41. The van der Waals surface area contributed by atoms with Crippen molar-refractivity contribution >= 4 is 27.7 Å². The van der Waals surface area contributed by atoms with Crippen molar-refractivity contribution in [2.45, 2.75) is 31.7 Å². The van der Waals surface area contributed by atoms with Crippen LogP contribution in [0.1, 0.15) is 29.8 Å². The average Bonchev–Trinajstić information content (AvgIpc) is 2.85. The minimum atomic E-state index is -3.89. The molecule has 0 unspecified atom stereocenters. The van der Waals surface area contributed by atoms with E-state index in [-0.39, 0.29) is 16.4 Å². The van der Waals surface area contributed by atoms with Crippen molar-refractivity contribution in [3.63, 3.8) is 0 Å². The molecular formula is C24H32N4O7S. The van der Waals surface area contributed by atoms with Crippen molar-refractivity contribution in [2.75, 3.05) is 27.8 Å². The third-order valence-corrected chi connectivity index (χ3v) is 7.09. The molecule has 36 heavy (non-hydrogen) atoms. The van der Waals surface area contributed by atoms with E-state index in [4.69, 9.17) is 9.47 Å². The molecule has 0 bridgehead atoms. The molecule has 196 valence electrons. The largest absolute Gasteiger partial charge is 0.497 e. The Labute approximate surface area is 211 Å². The summed E-state index contributed by atoms with van der Waals surface area (Å²) in [4.78, 5) is 37.9. The average molecular weight is 521 g/mol. The first-order valence-electron chi connectivity index (χ1n) is 11.0. The van der Waals surface area contributed by atoms with Gasteiger partial charge in [0.05, 0.1) is 25.7 Å². The number of carbonyl (C=O) groups excluding carboxylic acids is 3. The summed E-state index contributed by atoms with van der Waals surface area (Å²) in [5.74, 6) is -1.50. The molecule has 2 aromatic rings. The molecule has 11 nitrogen and oxygen atoms in total. The van der Waals surface area contributed by atoms with Crippen LogP contribution >= 0.6 is 0 Å². The van der Waals surface area contributed by atoms with Gasteiger partial charge in [-0.1, -0.05) is 31.5 Å². The molecule has 0 heterocycles. The number of hydrogen-bond donors (Lipinski definition) is 3. The maximum Gasteiger partial charge on any atom is 0.261 e. The summed E-state index contributed by atoms with van der Waals surface area (Å²) in [6.07, 6.45) is 0. The fourth-order valence-electron chi connectivity index (χ4n) is 3.12. The van der Waals surface area contributed by atoms with E-state index in [9.17, 15) is 22.8 Å². The van der Waals surface area contributed by atoms with Gasteiger partial charge in [-0.15, -0.1) is 0 Å². The van der Waals surface area contributed by atoms with E-state index in [1.165, 1.54) is 45.5 Å². The lowest BCUT2D eigenvalue weighted by molar-refractivity contribution is -0.130. The smallest absolute Gasteiger partial charge is 0.261 e. The number of nitrogens with one attached hydrogen (secondary N) is 3. The van der Waals surface area contributed by atoms with E-state index in [1.54, 1.807) is 32.0 Å². The Hall–Kier alpha value is -3.64. The standard InChI is InChI=1S/C24H32N4O7S/c1-15(2)22(25-23(30)17-11-18(34-5)13-19(12-17)35-6)24(31)27-26-21(29)14-28(4)36(32,33)20-9-7-16(3)8-10-20/h7-13,15,22H,14H2,1-6H3,(H,25,30)(H,26,29)(H,27,31)/t22-/m1/s1. The molecule has 2 rings (SSSR count). The third kappa shape index (κ3) is 7.43. The molecule has 0 spiro atoms. The van der Waals surface area contributed by atoms with Crippen molar-refractivity contribution < 1.29 is 32.3 Å². The summed E-state index contributed by atoms with van der Waals surface area (Å²) in [5.41, 5.74) is 5.56. The molecule has 12 heteroatoms. The highest BCUT2D eigenvalue weighted by Crippen LogP contribution is 2.22. The Morgan fingerprint density at radius 1 is 0.944 bits per heavy atom. The summed E-state index contributed by atoms with van der Waals surface area (Å²) in [6, 6.07) is 9.83. The van der Waals surface area contributed by atoms with Crippen LogP contribution < -0.4 is 25.6 Å². The number of methoxy groups -OCH3 is 2. The highest BCUT2D eigenvalue weighted by Gasteiger charge is 2.27. The third-order valence-electron chi connectivity index (χ3n) is 5.27. The molecule has 0 radical (unpaired) electrons. The number of ether oxygens (including phenoxy) is 2. The first kappa shape index (κ1) is 28.6. The number of hydrazine groups is 1. The van der Waals surface area contributed by atoms with E-state index in [2.05, 4.69) is 16.2 Å². The summed E-state index contributed by atoms with van der Waals surface area (Å²) in [5, 5.41) is 2.63. The van der Waals surface area contributed by atoms with Crippen LogP contribution in [0.3, 0.4) is 0 Å². The quantitative estimate of drug-likeness (QED) is 0.400. The Morgan fingerprint density at radius 3 is 2.00 bits per heavy atom. The van der Waals surface area contributed by atoms with Gasteiger partial charge in [0.2, 0.25) is 10.0 Å². The second-order valence-corrected chi connectivity index (χ2v) is 10.5. The number of rotatable bonds is 10. The van der Waals surface area contributed by atoms with Crippen molar-refractivity contribution in [2.24, 2.45) is 5.92 Å². The number of hydrogen-bond acceptors (Lipinski definition) is 7. The number of nitrogens with zero attached hydrogens (tertiary/aromatic N) is 1. The Bertz CT molecular complexity index is 1180. The number of carbonyl (C=O) groups is 3. The monoisotopic (exact) mass is 520 g/mol. The van der Waals surface area contributed by atoms with Crippen LogP contribution in [-0.4, -0.2) is 64.3 Å². The van der Waals surface area contributed by atoms with E-state index in [1.807, 2.05) is 6.92 Å². The van der Waals surface area contributed by atoms with Gasteiger partial charge in [0.15, 0.2) is 0 Å². The minimum absolute atomic E-state index is 0.0455. The molecule has 3 N–H and O–H groups in total. The normalized spacial score (nSPS) is 12.1. The predicted octanol–water partition coefficient (Wildman–Crippen LogP) is 1.23. The number of benzene rings is 2. The lowest BCUT2D eigenvalue weighted by Crippen LogP contribution is -2.55. The maximum atomic E-state index is 12.8. The molecule has 1 atom stereocenters. The minimum Gasteiger partial charge on any atom is -0.497 e. The van der Waals surface area contributed by atoms with Crippen LogP contribution in [0, 0.1) is 12.8 Å². The molecule has 0 fully saturated rings. The zero-order chi connectivity index (χ0) is 27.0. The zero-order valence-electron chi connectivity index (χ0n) is 21.1. The van der Waals surface area contributed by atoms with Gasteiger partial charge in [0, 0.05) is 18.7 Å². The van der Waals surface area contributed by atoms with Crippen LogP contribution in [0.25, 0.3) is 0 Å². The molecule has 3 amide bonds. The fourth-order valence-corrected chi connectivity index (χ4v) is 4.25. The maximum absolute atomic E-state index is 12.8. The van der Waals surface area contributed by atoms with Gasteiger partial charge < -0.3 is 14.8 Å². The summed E-state index contributed by atoms with van der Waals surface area (Å²) in [6.45, 7) is 4.75. The highest BCUT2D eigenvalue weighted by atomic mass is 32.2. The van der Waals surface area contributed by atoms with E-state index < -0.39 is 40.3 Å². The molecular weight excluding hydrogens is 488 g/mol. The molecule has 0 aliphatic heterocycles. The van der Waals surface area contributed by atoms with E-state index >= 15 is 0 Å². The van der Waals surface area contributed by atoms with Gasteiger partial charge in [-0.3, -0.25) is 25.2 Å². The summed E-state index contributed by atoms with van der Waals surface area (Å²) in [7, 11) is 0.268. The van der Waals surface area contributed by atoms with Gasteiger partial charge in [0.25, 0.3) is 17.7 Å². The van der Waals surface area contributed by atoms with Crippen LogP contribution in [0.4, 0.5) is 0 Å². The van der Waals surface area contributed by atoms with Crippen LogP contribution in [0.2, 0.25) is 0 Å². The van der Waals surface area contributed by atoms with Crippen molar-refractivity contribution in [3.05, 3.63) is 53.6 Å².